The Hall–Kier alpha value is -3.19. The Morgan fingerprint density at radius 1 is 1.07 bits per heavy atom. The van der Waals surface area contributed by atoms with Gasteiger partial charge in [0.2, 0.25) is 5.91 Å². The molecule has 0 aliphatic carbocycles. The molecule has 0 aliphatic heterocycles. The first kappa shape index (κ1) is 21.5. The van der Waals surface area contributed by atoms with Crippen LogP contribution in [0.4, 0.5) is 5.69 Å². The predicted molar refractivity (Wildman–Crippen MR) is 118 cm³/mol. The van der Waals surface area contributed by atoms with Crippen LogP contribution in [0.15, 0.2) is 53.3 Å². The van der Waals surface area contributed by atoms with E-state index in [1.807, 2.05) is 48.5 Å². The van der Waals surface area contributed by atoms with E-state index in [-0.39, 0.29) is 11.5 Å². The van der Waals surface area contributed by atoms with Crippen LogP contribution in [0.25, 0.3) is 16.6 Å². The summed E-state index contributed by atoms with van der Waals surface area (Å²) in [4.78, 5) is 29.4. The summed E-state index contributed by atoms with van der Waals surface area (Å²) in [6, 6.07) is 15.3. The summed E-state index contributed by atoms with van der Waals surface area (Å²) in [5, 5.41) is 12.5. The van der Waals surface area contributed by atoms with Gasteiger partial charge in [-0.15, -0.1) is 0 Å². The highest BCUT2D eigenvalue weighted by Gasteiger charge is 2.15. The third-order valence-corrected chi connectivity index (χ3v) is 4.98. The number of benzene rings is 2. The van der Waals surface area contributed by atoms with Crippen molar-refractivity contribution in [2.24, 2.45) is 0 Å². The number of aryl methyl sites for hydroxylation is 1. The van der Waals surface area contributed by atoms with Gasteiger partial charge in [-0.1, -0.05) is 37.6 Å². The lowest BCUT2D eigenvalue weighted by Crippen LogP contribution is -2.24. The van der Waals surface area contributed by atoms with Gasteiger partial charge in [0, 0.05) is 25.1 Å². The molecule has 0 atom stereocenters. The molecule has 0 radical (unpaired) electrons. The van der Waals surface area contributed by atoms with Crippen LogP contribution in [0, 0.1) is 0 Å². The highest BCUT2D eigenvalue weighted by molar-refractivity contribution is 5.90. The van der Waals surface area contributed by atoms with E-state index in [0.29, 0.717) is 30.3 Å². The zero-order chi connectivity index (χ0) is 21.3. The Morgan fingerprint density at radius 2 is 1.87 bits per heavy atom. The van der Waals surface area contributed by atoms with Gasteiger partial charge in [-0.05, 0) is 43.5 Å². The molecule has 1 amide bonds. The Balaban J connectivity index is 1.86. The number of amides is 1. The van der Waals surface area contributed by atoms with Crippen LogP contribution >= 0.6 is 0 Å². The van der Waals surface area contributed by atoms with E-state index >= 15 is 0 Å². The van der Waals surface area contributed by atoms with Crippen molar-refractivity contribution in [3.8, 4) is 5.69 Å². The minimum absolute atomic E-state index is 0.0719. The molecule has 158 valence electrons. The number of nitrogens with zero attached hydrogens (tertiary/aromatic N) is 2. The summed E-state index contributed by atoms with van der Waals surface area (Å²) in [6.45, 7) is 2.76. The standard InChI is InChI=1S/C23H28N4O3/c1-2-10-20-25-19-14-9-13-18(24-16-8-4-7-15-21(28)26-30)22(19)23(29)27(20)17-11-5-3-6-12-17/h3,5-6,9,11-14,24,30H,2,4,7-8,10,15-16H2,1H3,(H,26,28). The van der Waals surface area contributed by atoms with E-state index in [9.17, 15) is 9.59 Å². The number of hydrogen-bond acceptors (Lipinski definition) is 5. The SMILES string of the molecule is CCCc1nc2cccc(NCCCCCC(=O)NO)c2c(=O)n1-c1ccccc1. The van der Waals surface area contributed by atoms with Gasteiger partial charge in [-0.3, -0.25) is 19.4 Å². The highest BCUT2D eigenvalue weighted by Crippen LogP contribution is 2.21. The van der Waals surface area contributed by atoms with E-state index in [2.05, 4.69) is 12.2 Å². The fourth-order valence-electron chi connectivity index (χ4n) is 3.52. The topological polar surface area (TPSA) is 96.2 Å². The molecule has 1 aromatic heterocycles. The van der Waals surface area contributed by atoms with Crippen molar-refractivity contribution >= 4 is 22.5 Å². The van der Waals surface area contributed by atoms with E-state index in [4.69, 9.17) is 10.2 Å². The summed E-state index contributed by atoms with van der Waals surface area (Å²) in [6.07, 6.45) is 4.32. The first-order valence-corrected chi connectivity index (χ1v) is 10.4. The van der Waals surface area contributed by atoms with Gasteiger partial charge in [-0.25, -0.2) is 10.5 Å². The summed E-state index contributed by atoms with van der Waals surface area (Å²) in [5.41, 5.74) is 3.85. The Labute approximate surface area is 175 Å². The first-order chi connectivity index (χ1) is 14.7. The Morgan fingerprint density at radius 3 is 2.60 bits per heavy atom. The van der Waals surface area contributed by atoms with Crippen LogP contribution in [-0.2, 0) is 11.2 Å². The van der Waals surface area contributed by atoms with Crippen LogP contribution in [0.1, 0.15) is 44.9 Å². The van der Waals surface area contributed by atoms with Crippen LogP contribution in [-0.4, -0.2) is 27.2 Å². The largest absolute Gasteiger partial charge is 0.384 e. The fraction of sp³-hybridized carbons (Fsp3) is 0.348. The lowest BCUT2D eigenvalue weighted by Gasteiger charge is -2.15. The lowest BCUT2D eigenvalue weighted by atomic mass is 10.1. The number of fused-ring (bicyclic) bond motifs is 1. The zero-order valence-corrected chi connectivity index (χ0v) is 17.2. The number of aromatic nitrogens is 2. The third-order valence-electron chi connectivity index (χ3n) is 4.98. The van der Waals surface area contributed by atoms with Crippen molar-refractivity contribution in [3.63, 3.8) is 0 Å². The molecule has 0 fully saturated rings. The monoisotopic (exact) mass is 408 g/mol. The predicted octanol–water partition coefficient (Wildman–Crippen LogP) is 3.82. The van der Waals surface area contributed by atoms with E-state index in [0.717, 1.165) is 42.9 Å². The average molecular weight is 409 g/mol. The molecule has 3 N–H and O–H groups in total. The minimum atomic E-state index is -0.368. The molecule has 1 heterocycles. The third kappa shape index (κ3) is 5.04. The van der Waals surface area contributed by atoms with Crippen LogP contribution in [0.2, 0.25) is 0 Å². The fourth-order valence-corrected chi connectivity index (χ4v) is 3.52. The van der Waals surface area contributed by atoms with Crippen LogP contribution in [0.5, 0.6) is 0 Å². The second-order valence-corrected chi connectivity index (χ2v) is 7.23. The van der Waals surface area contributed by atoms with Gasteiger partial charge in [0.1, 0.15) is 5.82 Å². The molecule has 0 aliphatic rings. The van der Waals surface area contributed by atoms with Crippen molar-refractivity contribution in [1.82, 2.24) is 15.0 Å². The van der Waals surface area contributed by atoms with Crippen molar-refractivity contribution in [3.05, 3.63) is 64.7 Å². The molecule has 2 aromatic carbocycles. The molecule has 0 unspecified atom stereocenters. The van der Waals surface area contributed by atoms with Gasteiger partial charge in [-0.2, -0.15) is 0 Å². The summed E-state index contributed by atoms with van der Waals surface area (Å²) in [5.74, 6) is 0.396. The number of carbonyl (C=O) groups excluding carboxylic acids is 1. The number of nitrogens with one attached hydrogen (secondary N) is 2. The molecular formula is C23H28N4O3. The smallest absolute Gasteiger partial charge is 0.268 e. The second-order valence-electron chi connectivity index (χ2n) is 7.23. The normalized spacial score (nSPS) is 10.9. The van der Waals surface area contributed by atoms with Crippen molar-refractivity contribution in [2.75, 3.05) is 11.9 Å². The molecule has 0 spiro atoms. The quantitative estimate of drug-likeness (QED) is 0.269. The molecule has 0 saturated carbocycles. The number of carbonyl (C=O) groups is 1. The van der Waals surface area contributed by atoms with Crippen molar-refractivity contribution < 1.29 is 10.0 Å². The summed E-state index contributed by atoms with van der Waals surface area (Å²) >= 11 is 0. The molecular weight excluding hydrogens is 380 g/mol. The van der Waals surface area contributed by atoms with Crippen LogP contribution in [0.3, 0.4) is 0 Å². The number of hydrogen-bond donors (Lipinski definition) is 3. The highest BCUT2D eigenvalue weighted by atomic mass is 16.5. The van der Waals surface area contributed by atoms with E-state index in [1.54, 1.807) is 10.0 Å². The number of anilines is 1. The van der Waals surface area contributed by atoms with Gasteiger partial charge in [0.15, 0.2) is 0 Å². The zero-order valence-electron chi connectivity index (χ0n) is 17.2. The van der Waals surface area contributed by atoms with Gasteiger partial charge >= 0.3 is 0 Å². The second kappa shape index (κ2) is 10.5. The van der Waals surface area contributed by atoms with Gasteiger partial charge in [0.05, 0.1) is 16.6 Å². The van der Waals surface area contributed by atoms with Crippen molar-refractivity contribution in [2.45, 2.75) is 45.4 Å². The van der Waals surface area contributed by atoms with Crippen molar-refractivity contribution in [1.29, 1.82) is 0 Å². The maximum atomic E-state index is 13.5. The minimum Gasteiger partial charge on any atom is -0.384 e. The molecule has 3 rings (SSSR count). The Kier molecular flexibility index (Phi) is 7.57. The van der Waals surface area contributed by atoms with Gasteiger partial charge < -0.3 is 5.32 Å². The maximum absolute atomic E-state index is 13.5. The molecule has 30 heavy (non-hydrogen) atoms. The number of para-hydroxylation sites is 1. The van der Waals surface area contributed by atoms with E-state index < -0.39 is 0 Å². The number of rotatable bonds is 10. The number of unbranched alkanes of at least 4 members (excludes halogenated alkanes) is 2. The molecule has 3 aromatic rings. The van der Waals surface area contributed by atoms with Gasteiger partial charge in [0.25, 0.3) is 5.56 Å². The molecule has 0 saturated heterocycles. The molecule has 7 heteroatoms. The summed E-state index contributed by atoms with van der Waals surface area (Å²) < 4.78 is 1.71. The maximum Gasteiger partial charge on any atom is 0.268 e. The van der Waals surface area contributed by atoms with Crippen LogP contribution < -0.4 is 16.4 Å². The Bertz CT molecular complexity index is 1050. The average Bonchev–Trinajstić information content (AvgIpc) is 2.76. The number of hydroxylamine groups is 1. The summed E-state index contributed by atoms with van der Waals surface area (Å²) in [7, 11) is 0. The lowest BCUT2D eigenvalue weighted by molar-refractivity contribution is -0.129. The molecule has 7 nitrogen and oxygen atoms in total. The van der Waals surface area contributed by atoms with E-state index in [1.165, 1.54) is 0 Å². The first-order valence-electron chi connectivity index (χ1n) is 10.4. The molecule has 0 bridgehead atoms.